The van der Waals surface area contributed by atoms with Gasteiger partial charge in [0.1, 0.15) is 0 Å². The molecule has 1 saturated heterocycles. The number of carbonyl (C=O) groups is 1. The molecule has 0 spiro atoms. The molecule has 0 radical (unpaired) electrons. The number of piperidine rings is 1. The van der Waals surface area contributed by atoms with Crippen LogP contribution in [0.25, 0.3) is 0 Å². The second kappa shape index (κ2) is 7.57. The third kappa shape index (κ3) is 4.55. The van der Waals surface area contributed by atoms with Gasteiger partial charge in [-0.25, -0.2) is 0 Å². The minimum atomic E-state index is -0.398. The molecule has 4 heteroatoms. The highest BCUT2D eigenvalue weighted by Crippen LogP contribution is 2.19. The summed E-state index contributed by atoms with van der Waals surface area (Å²) in [5, 5.41) is 0. The quantitative estimate of drug-likeness (QED) is 0.900. The van der Waals surface area contributed by atoms with E-state index in [4.69, 9.17) is 5.73 Å². The van der Waals surface area contributed by atoms with Crippen molar-refractivity contribution in [2.24, 2.45) is 5.73 Å². The molecule has 1 aliphatic heterocycles. The Morgan fingerprint density at radius 2 is 2.10 bits per heavy atom. The van der Waals surface area contributed by atoms with Crippen LogP contribution in [0.1, 0.15) is 31.7 Å². The lowest BCUT2D eigenvalue weighted by molar-refractivity contribution is -0.136. The Balaban J connectivity index is 1.94. The molecule has 1 amide bonds. The standard InChI is InChI=1S/C17H27N3O/c1-14(18)17(21)20-11-7-6-10-16(20)13-19(2)12-15-8-4-3-5-9-15/h3-5,8-9,14,16H,6-7,10-13,18H2,1-2H3/t14-,16?/m0/s1. The molecule has 0 saturated carbocycles. The molecule has 1 aromatic rings. The zero-order chi connectivity index (χ0) is 15.2. The lowest BCUT2D eigenvalue weighted by Crippen LogP contribution is -2.53. The molecule has 0 bridgehead atoms. The molecular formula is C17H27N3O. The lowest BCUT2D eigenvalue weighted by atomic mass is 10.0. The zero-order valence-electron chi connectivity index (χ0n) is 13.2. The van der Waals surface area contributed by atoms with Crippen molar-refractivity contribution in [3.05, 3.63) is 35.9 Å². The van der Waals surface area contributed by atoms with Crippen LogP contribution in [0.15, 0.2) is 30.3 Å². The minimum absolute atomic E-state index is 0.0906. The normalized spacial score (nSPS) is 20.6. The molecule has 2 N–H and O–H groups in total. The fourth-order valence-corrected chi connectivity index (χ4v) is 3.06. The average molecular weight is 289 g/mol. The van der Waals surface area contributed by atoms with Crippen molar-refractivity contribution in [2.75, 3.05) is 20.1 Å². The Kier molecular flexibility index (Phi) is 5.76. The van der Waals surface area contributed by atoms with Gasteiger partial charge < -0.3 is 15.5 Å². The summed E-state index contributed by atoms with van der Waals surface area (Å²) in [5.74, 6) is 0.0906. The van der Waals surface area contributed by atoms with Crippen molar-refractivity contribution >= 4 is 5.91 Å². The van der Waals surface area contributed by atoms with E-state index in [1.165, 1.54) is 12.0 Å². The van der Waals surface area contributed by atoms with Crippen LogP contribution in [0, 0.1) is 0 Å². The van der Waals surface area contributed by atoms with Gasteiger partial charge in [0, 0.05) is 25.7 Å². The Morgan fingerprint density at radius 1 is 1.38 bits per heavy atom. The van der Waals surface area contributed by atoms with Gasteiger partial charge in [-0.2, -0.15) is 0 Å². The highest BCUT2D eigenvalue weighted by molar-refractivity contribution is 5.81. The smallest absolute Gasteiger partial charge is 0.239 e. The van der Waals surface area contributed by atoms with E-state index in [0.717, 1.165) is 32.5 Å². The van der Waals surface area contributed by atoms with E-state index in [9.17, 15) is 4.79 Å². The van der Waals surface area contributed by atoms with Gasteiger partial charge in [0.25, 0.3) is 0 Å². The average Bonchev–Trinajstić information content (AvgIpc) is 2.48. The molecule has 1 heterocycles. The molecular weight excluding hydrogens is 262 g/mol. The van der Waals surface area contributed by atoms with Crippen LogP contribution in [0.5, 0.6) is 0 Å². The van der Waals surface area contributed by atoms with Crippen LogP contribution < -0.4 is 5.73 Å². The summed E-state index contributed by atoms with van der Waals surface area (Å²) in [7, 11) is 2.12. The van der Waals surface area contributed by atoms with E-state index in [-0.39, 0.29) is 5.91 Å². The van der Waals surface area contributed by atoms with E-state index < -0.39 is 6.04 Å². The third-order valence-electron chi connectivity index (χ3n) is 4.12. The summed E-state index contributed by atoms with van der Waals surface area (Å²) in [6.07, 6.45) is 3.38. The summed E-state index contributed by atoms with van der Waals surface area (Å²) in [6.45, 7) is 4.46. The van der Waals surface area contributed by atoms with E-state index in [2.05, 4.69) is 36.2 Å². The fraction of sp³-hybridized carbons (Fsp3) is 0.588. The van der Waals surface area contributed by atoms with E-state index in [1.807, 2.05) is 11.0 Å². The van der Waals surface area contributed by atoms with Gasteiger partial charge in [-0.05, 0) is 38.8 Å². The van der Waals surface area contributed by atoms with Crippen molar-refractivity contribution in [1.29, 1.82) is 0 Å². The molecule has 21 heavy (non-hydrogen) atoms. The Bertz CT molecular complexity index is 447. The van der Waals surface area contributed by atoms with Crippen molar-refractivity contribution in [3.63, 3.8) is 0 Å². The first-order valence-electron chi connectivity index (χ1n) is 7.86. The molecule has 2 rings (SSSR count). The number of likely N-dealkylation sites (tertiary alicyclic amines) is 1. The monoisotopic (exact) mass is 289 g/mol. The fourth-order valence-electron chi connectivity index (χ4n) is 3.06. The van der Waals surface area contributed by atoms with Gasteiger partial charge in [-0.3, -0.25) is 4.79 Å². The number of nitrogens with zero attached hydrogens (tertiary/aromatic N) is 2. The number of nitrogens with two attached hydrogens (primary N) is 1. The van der Waals surface area contributed by atoms with Crippen LogP contribution >= 0.6 is 0 Å². The number of hydrogen-bond donors (Lipinski definition) is 1. The lowest BCUT2D eigenvalue weighted by Gasteiger charge is -2.38. The summed E-state index contributed by atoms with van der Waals surface area (Å²) in [4.78, 5) is 16.5. The maximum absolute atomic E-state index is 12.2. The maximum atomic E-state index is 12.2. The first kappa shape index (κ1) is 16.0. The van der Waals surface area contributed by atoms with Crippen molar-refractivity contribution in [1.82, 2.24) is 9.80 Å². The summed E-state index contributed by atoms with van der Waals surface area (Å²) in [6, 6.07) is 10.3. The number of rotatable bonds is 5. The summed E-state index contributed by atoms with van der Waals surface area (Å²) in [5.41, 5.74) is 7.08. The highest BCUT2D eigenvalue weighted by Gasteiger charge is 2.28. The molecule has 2 atom stereocenters. The van der Waals surface area contributed by atoms with Crippen LogP contribution in [-0.4, -0.2) is 47.9 Å². The third-order valence-corrected chi connectivity index (χ3v) is 4.12. The Hall–Kier alpha value is -1.39. The molecule has 0 aliphatic carbocycles. The number of amides is 1. The van der Waals surface area contributed by atoms with E-state index in [0.29, 0.717) is 6.04 Å². The van der Waals surface area contributed by atoms with Crippen LogP contribution in [-0.2, 0) is 11.3 Å². The van der Waals surface area contributed by atoms with Crippen molar-refractivity contribution < 1.29 is 4.79 Å². The van der Waals surface area contributed by atoms with Gasteiger partial charge >= 0.3 is 0 Å². The van der Waals surface area contributed by atoms with Gasteiger partial charge in [0.15, 0.2) is 0 Å². The molecule has 1 aliphatic rings. The zero-order valence-corrected chi connectivity index (χ0v) is 13.2. The summed E-state index contributed by atoms with van der Waals surface area (Å²) >= 11 is 0. The largest absolute Gasteiger partial charge is 0.337 e. The predicted molar refractivity (Wildman–Crippen MR) is 85.8 cm³/mol. The molecule has 1 aromatic carbocycles. The van der Waals surface area contributed by atoms with Crippen LogP contribution in [0.2, 0.25) is 0 Å². The number of carbonyl (C=O) groups excluding carboxylic acids is 1. The van der Waals surface area contributed by atoms with E-state index in [1.54, 1.807) is 6.92 Å². The maximum Gasteiger partial charge on any atom is 0.239 e. The Morgan fingerprint density at radius 3 is 2.76 bits per heavy atom. The van der Waals surface area contributed by atoms with E-state index >= 15 is 0 Å². The van der Waals surface area contributed by atoms with Crippen molar-refractivity contribution in [3.8, 4) is 0 Å². The second-order valence-corrected chi connectivity index (χ2v) is 6.15. The molecule has 116 valence electrons. The molecule has 0 aromatic heterocycles. The topological polar surface area (TPSA) is 49.6 Å². The van der Waals surface area contributed by atoms with Gasteiger partial charge in [-0.1, -0.05) is 30.3 Å². The number of hydrogen-bond acceptors (Lipinski definition) is 3. The number of likely N-dealkylation sites (N-methyl/N-ethyl adjacent to an activating group) is 1. The molecule has 1 unspecified atom stereocenters. The van der Waals surface area contributed by atoms with Crippen LogP contribution in [0.4, 0.5) is 0 Å². The van der Waals surface area contributed by atoms with Crippen molar-refractivity contribution in [2.45, 2.75) is 44.8 Å². The first-order chi connectivity index (χ1) is 10.1. The molecule has 4 nitrogen and oxygen atoms in total. The van der Waals surface area contributed by atoms with Crippen LogP contribution in [0.3, 0.4) is 0 Å². The highest BCUT2D eigenvalue weighted by atomic mass is 16.2. The summed E-state index contributed by atoms with van der Waals surface area (Å²) < 4.78 is 0. The van der Waals surface area contributed by atoms with Gasteiger partial charge in [-0.15, -0.1) is 0 Å². The SMILES string of the molecule is C[C@H](N)C(=O)N1CCCCC1CN(C)Cc1ccccc1. The number of benzene rings is 1. The van der Waals surface area contributed by atoms with Gasteiger partial charge in [0.2, 0.25) is 5.91 Å². The minimum Gasteiger partial charge on any atom is -0.337 e. The first-order valence-corrected chi connectivity index (χ1v) is 7.86. The second-order valence-electron chi connectivity index (χ2n) is 6.15. The Labute approximate surface area is 127 Å². The predicted octanol–water partition coefficient (Wildman–Crippen LogP) is 1.85. The van der Waals surface area contributed by atoms with Gasteiger partial charge in [0.05, 0.1) is 6.04 Å². The molecule has 1 fully saturated rings.